The van der Waals surface area contributed by atoms with Crippen molar-refractivity contribution < 1.29 is 4.46 Å². The van der Waals surface area contributed by atoms with Crippen LogP contribution in [-0.4, -0.2) is 17.2 Å². The molecule has 0 amide bonds. The monoisotopic (exact) mass is 131 g/mol. The van der Waals surface area contributed by atoms with Crippen LogP contribution in [0.5, 0.6) is 0 Å². The zero-order chi connectivity index (χ0) is 5.70. The summed E-state index contributed by atoms with van der Waals surface area (Å²) in [7, 11) is -0.767. The van der Waals surface area contributed by atoms with Gasteiger partial charge < -0.3 is 4.46 Å². The van der Waals surface area contributed by atoms with E-state index in [4.69, 9.17) is 0 Å². The Labute approximate surface area is 48.4 Å². The normalized spacial score (nSPS) is 9.57. The van der Waals surface area contributed by atoms with Gasteiger partial charge in [-0.2, -0.15) is 0 Å². The summed E-state index contributed by atoms with van der Waals surface area (Å²) in [6, 6.07) is 1.23. The Morgan fingerprint density at radius 3 is 2.43 bits per heavy atom. The summed E-state index contributed by atoms with van der Waals surface area (Å²) in [5.41, 5.74) is 0. The van der Waals surface area contributed by atoms with Crippen LogP contribution in [0.3, 0.4) is 0 Å². The molecule has 1 radical (unpaired) electrons. The Kier molecular flexibility index (Phi) is 4.54. The van der Waals surface area contributed by atoms with Gasteiger partial charge in [0.1, 0.15) is 8.31 Å². The zero-order valence-corrected chi connectivity index (χ0v) is 7.05. The first-order valence-electron chi connectivity index (χ1n) is 2.59. The summed E-state index contributed by atoms with van der Waals surface area (Å²) in [6.45, 7) is 4.28. The minimum absolute atomic E-state index is 0.352. The third kappa shape index (κ3) is 4.08. The van der Waals surface area contributed by atoms with Crippen LogP contribution >= 0.6 is 0 Å². The summed E-state index contributed by atoms with van der Waals surface area (Å²) in [5, 5.41) is 0. The molecule has 0 aliphatic rings. The molecule has 0 fully saturated rings. The van der Waals surface area contributed by atoms with Crippen LogP contribution < -0.4 is 0 Å². The second-order valence-corrected chi connectivity index (χ2v) is 7.81. The lowest BCUT2D eigenvalue weighted by molar-refractivity contribution is 0.585. The fourth-order valence-corrected chi connectivity index (χ4v) is 2.58. The Balaban J connectivity index is 2.98. The number of rotatable bonds is 3. The second-order valence-electron chi connectivity index (χ2n) is 1.71. The molecule has 0 rings (SSSR count). The van der Waals surface area contributed by atoms with Crippen molar-refractivity contribution in [3.8, 4) is 0 Å². The molecule has 0 saturated heterocycles. The maximum absolute atomic E-state index is 10.1. The lowest BCUT2D eigenvalue weighted by Gasteiger charge is -1.91. The molecular formula is C4H11OSi2. The predicted molar refractivity (Wildman–Crippen MR) is 34.6 cm³/mol. The SMILES string of the molecule is CCC[Si](C)[SiH]=O. The standard InChI is InChI=1S/C4H11OSi2/c1-3-4-7(2)6-5/h6H,3-4H2,1-2H3. The van der Waals surface area contributed by atoms with Gasteiger partial charge >= 0.3 is 0 Å². The van der Waals surface area contributed by atoms with E-state index in [1.807, 2.05) is 0 Å². The first-order valence-corrected chi connectivity index (χ1v) is 7.07. The quantitative estimate of drug-likeness (QED) is 0.518. The highest BCUT2D eigenvalue weighted by atomic mass is 29.2. The molecule has 7 heavy (non-hydrogen) atoms. The van der Waals surface area contributed by atoms with Gasteiger partial charge in [-0.1, -0.05) is 25.9 Å². The molecule has 41 valence electrons. The van der Waals surface area contributed by atoms with Gasteiger partial charge in [0.25, 0.3) is 0 Å². The van der Waals surface area contributed by atoms with E-state index >= 15 is 0 Å². The zero-order valence-electron chi connectivity index (χ0n) is 4.90. The Morgan fingerprint density at radius 1 is 1.71 bits per heavy atom. The van der Waals surface area contributed by atoms with Crippen molar-refractivity contribution in [3.05, 3.63) is 0 Å². The van der Waals surface area contributed by atoms with Crippen LogP contribution in [0.4, 0.5) is 0 Å². The fraction of sp³-hybridized carbons (Fsp3) is 1.00. The van der Waals surface area contributed by atoms with E-state index in [9.17, 15) is 4.46 Å². The molecule has 3 heteroatoms. The van der Waals surface area contributed by atoms with E-state index in [1.165, 1.54) is 12.5 Å². The van der Waals surface area contributed by atoms with Crippen molar-refractivity contribution in [1.29, 1.82) is 0 Å². The highest BCUT2D eigenvalue weighted by molar-refractivity contribution is 7.05. The molecule has 0 bridgehead atoms. The molecule has 0 aromatic rings. The van der Waals surface area contributed by atoms with E-state index in [0.717, 1.165) is 0 Å². The molecule has 0 atom stereocenters. The Bertz CT molecular complexity index is 55.7. The summed E-state index contributed by atoms with van der Waals surface area (Å²) in [4.78, 5) is 0. The van der Waals surface area contributed by atoms with Crippen LogP contribution in [0, 0.1) is 0 Å². The molecular weight excluding hydrogens is 120 g/mol. The summed E-state index contributed by atoms with van der Waals surface area (Å²) in [6.07, 6.45) is 1.21. The van der Waals surface area contributed by atoms with Crippen LogP contribution in [0.25, 0.3) is 0 Å². The van der Waals surface area contributed by atoms with E-state index in [1.54, 1.807) is 0 Å². The summed E-state index contributed by atoms with van der Waals surface area (Å²) >= 11 is 0. The molecule has 0 aromatic heterocycles. The van der Waals surface area contributed by atoms with Crippen LogP contribution in [0.1, 0.15) is 13.3 Å². The molecule has 0 aliphatic carbocycles. The third-order valence-electron chi connectivity index (χ3n) is 0.846. The Morgan fingerprint density at radius 2 is 2.29 bits per heavy atom. The fourth-order valence-electron chi connectivity index (χ4n) is 0.453. The van der Waals surface area contributed by atoms with Crippen LogP contribution in [-0.2, 0) is 4.46 Å². The topological polar surface area (TPSA) is 17.1 Å². The molecule has 0 saturated carbocycles. The minimum atomic E-state index is -0.415. The van der Waals surface area contributed by atoms with Gasteiger partial charge in [0.05, 0.1) is 0 Å². The highest BCUT2D eigenvalue weighted by Crippen LogP contribution is 1.90. The lowest BCUT2D eigenvalue weighted by Crippen LogP contribution is -2.08. The average Bonchev–Trinajstić information content (AvgIpc) is 1.68. The van der Waals surface area contributed by atoms with Gasteiger partial charge in [-0.05, 0) is 0 Å². The van der Waals surface area contributed by atoms with Crippen LogP contribution in [0.15, 0.2) is 0 Å². The van der Waals surface area contributed by atoms with Crippen molar-refractivity contribution in [1.82, 2.24) is 0 Å². The van der Waals surface area contributed by atoms with Gasteiger partial charge in [-0.25, -0.2) is 0 Å². The predicted octanol–water partition coefficient (Wildman–Crippen LogP) is 0.800. The molecule has 0 N–H and O–H groups in total. The highest BCUT2D eigenvalue weighted by Gasteiger charge is 1.98. The average molecular weight is 131 g/mol. The minimum Gasteiger partial charge on any atom is -0.397 e. The second kappa shape index (κ2) is 4.39. The van der Waals surface area contributed by atoms with Gasteiger partial charge in [-0.15, -0.1) is 0 Å². The first kappa shape index (κ1) is 7.23. The van der Waals surface area contributed by atoms with E-state index < -0.39 is 8.92 Å². The molecule has 1 nitrogen and oxygen atoms in total. The first-order chi connectivity index (χ1) is 3.31. The summed E-state index contributed by atoms with van der Waals surface area (Å²) in [5.74, 6) is 0. The van der Waals surface area contributed by atoms with Crippen molar-refractivity contribution in [3.63, 3.8) is 0 Å². The van der Waals surface area contributed by atoms with E-state index in [2.05, 4.69) is 13.5 Å². The van der Waals surface area contributed by atoms with Crippen molar-refractivity contribution >= 4 is 17.2 Å². The maximum Gasteiger partial charge on any atom is 0.238 e. The van der Waals surface area contributed by atoms with Crippen molar-refractivity contribution in [2.75, 3.05) is 0 Å². The van der Waals surface area contributed by atoms with Crippen molar-refractivity contribution in [2.45, 2.75) is 25.9 Å². The smallest absolute Gasteiger partial charge is 0.238 e. The maximum atomic E-state index is 10.1. The molecule has 0 aliphatic heterocycles. The van der Waals surface area contributed by atoms with E-state index in [-0.39, 0.29) is 8.31 Å². The number of hydrogen-bond acceptors (Lipinski definition) is 1. The van der Waals surface area contributed by atoms with Gasteiger partial charge in [0, 0.05) is 0 Å². The summed E-state index contributed by atoms with van der Waals surface area (Å²) < 4.78 is 10.1. The number of hydrogen-bond donors (Lipinski definition) is 0. The van der Waals surface area contributed by atoms with Gasteiger partial charge in [-0.3, -0.25) is 0 Å². The van der Waals surface area contributed by atoms with E-state index in [0.29, 0.717) is 0 Å². The Hall–Kier alpha value is 0.234. The molecule has 0 aromatic carbocycles. The third-order valence-corrected chi connectivity index (χ3v) is 4.61. The van der Waals surface area contributed by atoms with Gasteiger partial charge in [0.15, 0.2) is 0 Å². The van der Waals surface area contributed by atoms with Crippen LogP contribution in [0.2, 0.25) is 12.6 Å². The van der Waals surface area contributed by atoms with Crippen molar-refractivity contribution in [2.24, 2.45) is 0 Å². The van der Waals surface area contributed by atoms with Gasteiger partial charge in [0.2, 0.25) is 8.92 Å². The largest absolute Gasteiger partial charge is 0.397 e. The lowest BCUT2D eigenvalue weighted by atomic mass is 10.6. The molecule has 0 unspecified atom stereocenters. The molecule has 0 heterocycles. The molecule has 0 spiro atoms.